The highest BCUT2D eigenvalue weighted by molar-refractivity contribution is 6.30. The normalized spacial score (nSPS) is 11.8. The molecule has 0 aliphatic carbocycles. The Hall–Kier alpha value is -3.11. The van der Waals surface area contributed by atoms with Crippen molar-refractivity contribution in [2.24, 2.45) is 0 Å². The third-order valence-corrected chi connectivity index (χ3v) is 5.93. The first-order valence-electron chi connectivity index (χ1n) is 11.8. The third kappa shape index (κ3) is 7.74. The average molecular weight is 477 g/mol. The zero-order valence-corrected chi connectivity index (χ0v) is 20.9. The minimum Gasteiger partial charge on any atom is -0.352 e. The molecule has 3 aromatic rings. The van der Waals surface area contributed by atoms with Crippen molar-refractivity contribution in [3.63, 3.8) is 0 Å². The maximum absolute atomic E-state index is 13.6. The van der Waals surface area contributed by atoms with Crippen molar-refractivity contribution in [2.45, 2.75) is 58.7 Å². The molecular weight excluding hydrogens is 444 g/mol. The van der Waals surface area contributed by atoms with E-state index in [2.05, 4.69) is 29.6 Å². The number of nitrogens with zero attached hydrogens (tertiary/aromatic N) is 1. The molecule has 0 radical (unpaired) electrons. The maximum Gasteiger partial charge on any atom is 0.243 e. The summed E-state index contributed by atoms with van der Waals surface area (Å²) in [6.07, 6.45) is 1.38. The molecule has 0 saturated heterocycles. The minimum absolute atomic E-state index is 0.0264. The Balaban J connectivity index is 1.90. The van der Waals surface area contributed by atoms with Crippen molar-refractivity contribution in [1.29, 1.82) is 0 Å². The van der Waals surface area contributed by atoms with E-state index in [1.54, 1.807) is 4.90 Å². The SMILES string of the molecule is Cc1ccc(CCC(=O)N(Cc2cccc(Cl)c2)C(Cc2ccccc2)C(=O)NC(C)C)cc1. The predicted molar refractivity (Wildman–Crippen MR) is 139 cm³/mol. The van der Waals surface area contributed by atoms with E-state index in [1.807, 2.05) is 75.4 Å². The lowest BCUT2D eigenvalue weighted by atomic mass is 10.0. The highest BCUT2D eigenvalue weighted by atomic mass is 35.5. The highest BCUT2D eigenvalue weighted by Gasteiger charge is 2.30. The van der Waals surface area contributed by atoms with Gasteiger partial charge in [-0.05, 0) is 56.0 Å². The van der Waals surface area contributed by atoms with Crippen LogP contribution in [0.25, 0.3) is 0 Å². The summed E-state index contributed by atoms with van der Waals surface area (Å²) in [5.74, 6) is -0.204. The Kier molecular flexibility index (Phi) is 9.29. The number of carbonyl (C=O) groups is 2. The van der Waals surface area contributed by atoms with Gasteiger partial charge in [0.15, 0.2) is 0 Å². The van der Waals surface area contributed by atoms with Gasteiger partial charge < -0.3 is 10.2 Å². The largest absolute Gasteiger partial charge is 0.352 e. The van der Waals surface area contributed by atoms with E-state index >= 15 is 0 Å². The molecule has 0 saturated carbocycles. The molecule has 34 heavy (non-hydrogen) atoms. The molecule has 4 nitrogen and oxygen atoms in total. The summed E-state index contributed by atoms with van der Waals surface area (Å²) < 4.78 is 0. The number of hydrogen-bond acceptors (Lipinski definition) is 2. The molecule has 0 bridgehead atoms. The molecule has 0 aliphatic heterocycles. The van der Waals surface area contributed by atoms with Gasteiger partial charge >= 0.3 is 0 Å². The molecule has 1 atom stereocenters. The zero-order chi connectivity index (χ0) is 24.5. The molecule has 5 heteroatoms. The molecule has 178 valence electrons. The van der Waals surface area contributed by atoms with Crippen LogP contribution in [-0.4, -0.2) is 28.8 Å². The maximum atomic E-state index is 13.6. The zero-order valence-electron chi connectivity index (χ0n) is 20.1. The third-order valence-electron chi connectivity index (χ3n) is 5.69. The Morgan fingerprint density at radius 2 is 1.56 bits per heavy atom. The first kappa shape index (κ1) is 25.5. The van der Waals surface area contributed by atoms with Crippen LogP contribution < -0.4 is 5.32 Å². The van der Waals surface area contributed by atoms with Crippen LogP contribution in [0.3, 0.4) is 0 Å². The summed E-state index contributed by atoms with van der Waals surface area (Å²) in [4.78, 5) is 28.7. The summed E-state index contributed by atoms with van der Waals surface area (Å²) >= 11 is 6.22. The lowest BCUT2D eigenvalue weighted by Crippen LogP contribution is -2.51. The van der Waals surface area contributed by atoms with Crippen LogP contribution in [0, 0.1) is 6.92 Å². The molecule has 3 aromatic carbocycles. The van der Waals surface area contributed by atoms with Crippen LogP contribution in [0.15, 0.2) is 78.9 Å². The summed E-state index contributed by atoms with van der Waals surface area (Å²) in [6, 6.07) is 24.8. The highest BCUT2D eigenvalue weighted by Crippen LogP contribution is 2.19. The smallest absolute Gasteiger partial charge is 0.243 e. The Morgan fingerprint density at radius 1 is 0.882 bits per heavy atom. The van der Waals surface area contributed by atoms with E-state index in [4.69, 9.17) is 11.6 Å². The van der Waals surface area contributed by atoms with Crippen molar-refractivity contribution < 1.29 is 9.59 Å². The van der Waals surface area contributed by atoms with Crippen LogP contribution in [0.4, 0.5) is 0 Å². The first-order valence-corrected chi connectivity index (χ1v) is 12.1. The standard InChI is InChI=1S/C29H33ClN2O2/c1-21(2)31-29(34)27(19-24-8-5-4-6-9-24)32(20-25-10-7-11-26(30)18-25)28(33)17-16-23-14-12-22(3)13-15-23/h4-15,18,21,27H,16-17,19-20H2,1-3H3,(H,31,34). The molecule has 3 rings (SSSR count). The first-order chi connectivity index (χ1) is 16.3. The number of halogens is 1. The number of benzene rings is 3. The molecule has 0 aliphatic rings. The van der Waals surface area contributed by atoms with Crippen molar-refractivity contribution in [1.82, 2.24) is 10.2 Å². The van der Waals surface area contributed by atoms with Crippen LogP contribution >= 0.6 is 11.6 Å². The quantitative estimate of drug-likeness (QED) is 0.405. The van der Waals surface area contributed by atoms with Crippen LogP contribution in [0.2, 0.25) is 5.02 Å². The number of amides is 2. The van der Waals surface area contributed by atoms with Crippen molar-refractivity contribution in [3.8, 4) is 0 Å². The second kappa shape index (κ2) is 12.4. The molecule has 0 spiro atoms. The Bertz CT molecular complexity index is 1080. The summed E-state index contributed by atoms with van der Waals surface area (Å²) in [6.45, 7) is 6.22. The van der Waals surface area contributed by atoms with E-state index in [9.17, 15) is 9.59 Å². The molecule has 1 N–H and O–H groups in total. The predicted octanol–water partition coefficient (Wildman–Crippen LogP) is 5.75. The van der Waals surface area contributed by atoms with E-state index in [0.29, 0.717) is 30.8 Å². The Labute approximate surface area is 207 Å². The van der Waals surface area contributed by atoms with Crippen LogP contribution in [0.1, 0.15) is 42.5 Å². The Morgan fingerprint density at radius 3 is 2.21 bits per heavy atom. The van der Waals surface area contributed by atoms with E-state index in [-0.39, 0.29) is 17.9 Å². The lowest BCUT2D eigenvalue weighted by molar-refractivity contribution is -0.141. The summed E-state index contributed by atoms with van der Waals surface area (Å²) in [5.41, 5.74) is 4.19. The number of nitrogens with one attached hydrogen (secondary N) is 1. The van der Waals surface area contributed by atoms with Gasteiger partial charge in [0.1, 0.15) is 6.04 Å². The number of aryl methyl sites for hydroxylation is 2. The van der Waals surface area contributed by atoms with Crippen molar-refractivity contribution in [3.05, 3.63) is 106 Å². The van der Waals surface area contributed by atoms with Gasteiger partial charge in [0, 0.05) is 30.5 Å². The minimum atomic E-state index is -0.630. The van der Waals surface area contributed by atoms with Gasteiger partial charge in [-0.15, -0.1) is 0 Å². The number of rotatable bonds is 10. The topological polar surface area (TPSA) is 49.4 Å². The van der Waals surface area contributed by atoms with E-state index in [1.165, 1.54) is 5.56 Å². The van der Waals surface area contributed by atoms with Gasteiger partial charge in [0.2, 0.25) is 11.8 Å². The van der Waals surface area contributed by atoms with Gasteiger partial charge in [-0.2, -0.15) is 0 Å². The van der Waals surface area contributed by atoms with Gasteiger partial charge in [-0.25, -0.2) is 0 Å². The number of hydrogen-bond donors (Lipinski definition) is 1. The second-order valence-electron chi connectivity index (χ2n) is 9.01. The average Bonchev–Trinajstić information content (AvgIpc) is 2.81. The van der Waals surface area contributed by atoms with Crippen LogP contribution in [-0.2, 0) is 29.0 Å². The molecule has 0 fully saturated rings. The van der Waals surface area contributed by atoms with Gasteiger partial charge in [0.25, 0.3) is 0 Å². The van der Waals surface area contributed by atoms with E-state index in [0.717, 1.165) is 16.7 Å². The van der Waals surface area contributed by atoms with Crippen molar-refractivity contribution >= 4 is 23.4 Å². The monoisotopic (exact) mass is 476 g/mol. The molecule has 2 amide bonds. The van der Waals surface area contributed by atoms with E-state index < -0.39 is 6.04 Å². The van der Waals surface area contributed by atoms with Gasteiger partial charge in [-0.1, -0.05) is 83.9 Å². The summed E-state index contributed by atoms with van der Waals surface area (Å²) in [7, 11) is 0. The molecule has 0 heterocycles. The number of carbonyl (C=O) groups excluding carboxylic acids is 2. The second-order valence-corrected chi connectivity index (χ2v) is 9.44. The van der Waals surface area contributed by atoms with Crippen molar-refractivity contribution in [2.75, 3.05) is 0 Å². The molecule has 0 aromatic heterocycles. The fraction of sp³-hybridized carbons (Fsp3) is 0.310. The van der Waals surface area contributed by atoms with Crippen LogP contribution in [0.5, 0.6) is 0 Å². The van der Waals surface area contributed by atoms with Gasteiger partial charge in [-0.3, -0.25) is 9.59 Å². The molecule has 1 unspecified atom stereocenters. The lowest BCUT2D eigenvalue weighted by Gasteiger charge is -2.32. The van der Waals surface area contributed by atoms with Gasteiger partial charge in [0.05, 0.1) is 0 Å². The fourth-order valence-corrected chi connectivity index (χ4v) is 4.13. The fourth-order valence-electron chi connectivity index (χ4n) is 3.92. The molecular formula is C29H33ClN2O2. The summed E-state index contributed by atoms with van der Waals surface area (Å²) in [5, 5.41) is 3.62.